The number of benzene rings is 1. The number of hydrogen-bond donors (Lipinski definition) is 1. The summed E-state index contributed by atoms with van der Waals surface area (Å²) in [5.74, 6) is 1.14. The minimum absolute atomic E-state index is 0.452. The fourth-order valence-corrected chi connectivity index (χ4v) is 2.34. The summed E-state index contributed by atoms with van der Waals surface area (Å²) in [4.78, 5) is 6.46. The van der Waals surface area contributed by atoms with E-state index in [-0.39, 0.29) is 0 Å². The lowest BCUT2D eigenvalue weighted by Crippen LogP contribution is -2.37. The zero-order valence-corrected chi connectivity index (χ0v) is 11.6. The fourth-order valence-electron chi connectivity index (χ4n) is 2.34. The van der Waals surface area contributed by atoms with Gasteiger partial charge in [-0.1, -0.05) is 29.8 Å². The van der Waals surface area contributed by atoms with Gasteiger partial charge < -0.3 is 15.4 Å². The van der Waals surface area contributed by atoms with Gasteiger partial charge in [-0.05, 0) is 12.5 Å². The number of ether oxygens (including phenoxy) is 1. The van der Waals surface area contributed by atoms with E-state index in [2.05, 4.69) is 40.1 Å². The first-order chi connectivity index (χ1) is 9.72. The average Bonchev–Trinajstić information content (AvgIpc) is 2.81. The molecule has 0 aliphatic carbocycles. The van der Waals surface area contributed by atoms with E-state index < -0.39 is 0 Å². The number of nitrogen functional groups attached to an aromatic ring is 1. The zero-order chi connectivity index (χ0) is 13.9. The summed E-state index contributed by atoms with van der Waals surface area (Å²) in [6.07, 6.45) is 0. The summed E-state index contributed by atoms with van der Waals surface area (Å²) in [6.45, 7) is 5.78. The van der Waals surface area contributed by atoms with E-state index in [4.69, 9.17) is 10.5 Å². The van der Waals surface area contributed by atoms with Crippen LogP contribution in [0.15, 0.2) is 24.3 Å². The first-order valence-corrected chi connectivity index (χ1v) is 6.81. The lowest BCUT2D eigenvalue weighted by molar-refractivity contribution is 0.122. The van der Waals surface area contributed by atoms with E-state index in [1.54, 1.807) is 4.68 Å². The van der Waals surface area contributed by atoms with Crippen molar-refractivity contribution in [1.29, 1.82) is 0 Å². The largest absolute Gasteiger partial charge is 0.378 e. The monoisotopic (exact) mass is 273 g/mol. The quantitative estimate of drug-likeness (QED) is 0.905. The van der Waals surface area contributed by atoms with Crippen LogP contribution in [0.2, 0.25) is 0 Å². The van der Waals surface area contributed by atoms with Crippen molar-refractivity contribution < 1.29 is 4.74 Å². The predicted molar refractivity (Wildman–Crippen MR) is 77.7 cm³/mol. The summed E-state index contributed by atoms with van der Waals surface area (Å²) in [7, 11) is 0. The van der Waals surface area contributed by atoms with Crippen molar-refractivity contribution in [3.63, 3.8) is 0 Å². The third kappa shape index (κ3) is 2.75. The van der Waals surface area contributed by atoms with Gasteiger partial charge >= 0.3 is 0 Å². The van der Waals surface area contributed by atoms with Crippen molar-refractivity contribution in [3.8, 4) is 0 Å². The van der Waals surface area contributed by atoms with Crippen LogP contribution >= 0.6 is 0 Å². The molecule has 106 valence electrons. The highest BCUT2D eigenvalue weighted by Crippen LogP contribution is 2.14. The van der Waals surface area contributed by atoms with E-state index in [9.17, 15) is 0 Å². The van der Waals surface area contributed by atoms with Gasteiger partial charge in [0.05, 0.1) is 19.8 Å². The molecule has 2 N–H and O–H groups in total. The lowest BCUT2D eigenvalue weighted by Gasteiger charge is -2.25. The molecule has 0 spiro atoms. The van der Waals surface area contributed by atoms with Crippen LogP contribution in [0, 0.1) is 6.92 Å². The van der Waals surface area contributed by atoms with Crippen LogP contribution in [0.5, 0.6) is 0 Å². The molecule has 2 heterocycles. The second kappa shape index (κ2) is 5.50. The zero-order valence-electron chi connectivity index (χ0n) is 11.6. The van der Waals surface area contributed by atoms with Crippen LogP contribution in [0.1, 0.15) is 11.1 Å². The second-order valence-corrected chi connectivity index (χ2v) is 5.02. The van der Waals surface area contributed by atoms with E-state index in [1.165, 1.54) is 11.1 Å². The van der Waals surface area contributed by atoms with Crippen LogP contribution in [-0.2, 0) is 11.3 Å². The summed E-state index contributed by atoms with van der Waals surface area (Å²) >= 11 is 0. The minimum atomic E-state index is 0.452. The SMILES string of the molecule is Cc1cccc(Cn2nc(N3CCOCC3)nc2N)c1. The Labute approximate surface area is 118 Å². The second-order valence-electron chi connectivity index (χ2n) is 5.02. The maximum atomic E-state index is 5.97. The molecule has 1 aromatic heterocycles. The Hall–Kier alpha value is -2.08. The first-order valence-electron chi connectivity index (χ1n) is 6.81. The van der Waals surface area contributed by atoms with Crippen molar-refractivity contribution in [1.82, 2.24) is 14.8 Å². The Kier molecular flexibility index (Phi) is 3.56. The Balaban J connectivity index is 1.78. The van der Waals surface area contributed by atoms with Gasteiger partial charge in [0, 0.05) is 13.1 Å². The standard InChI is InChI=1S/C14H19N5O/c1-11-3-2-4-12(9-11)10-19-13(15)16-14(17-19)18-5-7-20-8-6-18/h2-4,9H,5-8,10H2,1H3,(H2,15,16,17). The molecule has 0 atom stereocenters. The minimum Gasteiger partial charge on any atom is -0.378 e. The lowest BCUT2D eigenvalue weighted by atomic mass is 10.1. The van der Waals surface area contributed by atoms with E-state index in [1.807, 2.05) is 6.07 Å². The highest BCUT2D eigenvalue weighted by molar-refractivity contribution is 5.36. The molecule has 2 aromatic rings. The number of rotatable bonds is 3. The summed E-state index contributed by atoms with van der Waals surface area (Å²) < 4.78 is 7.08. The Morgan fingerprint density at radius 3 is 2.85 bits per heavy atom. The molecule has 6 heteroatoms. The van der Waals surface area contributed by atoms with Gasteiger partial charge in [0.1, 0.15) is 0 Å². The number of morpholine rings is 1. The molecule has 3 rings (SSSR count). The molecule has 6 nitrogen and oxygen atoms in total. The summed E-state index contributed by atoms with van der Waals surface area (Å²) in [5, 5.41) is 4.51. The molecule has 0 bridgehead atoms. The van der Waals surface area contributed by atoms with E-state index in [0.29, 0.717) is 31.7 Å². The Morgan fingerprint density at radius 2 is 2.10 bits per heavy atom. The van der Waals surface area contributed by atoms with E-state index >= 15 is 0 Å². The van der Waals surface area contributed by atoms with Gasteiger partial charge in [-0.15, -0.1) is 5.10 Å². The van der Waals surface area contributed by atoms with Gasteiger partial charge in [0.15, 0.2) is 0 Å². The van der Waals surface area contributed by atoms with Crippen molar-refractivity contribution in [2.24, 2.45) is 0 Å². The molecule has 20 heavy (non-hydrogen) atoms. The van der Waals surface area contributed by atoms with Crippen LogP contribution < -0.4 is 10.6 Å². The topological polar surface area (TPSA) is 69.2 Å². The maximum Gasteiger partial charge on any atom is 0.246 e. The number of anilines is 2. The molecule has 1 aromatic carbocycles. The van der Waals surface area contributed by atoms with Gasteiger partial charge in [0.25, 0.3) is 0 Å². The van der Waals surface area contributed by atoms with Crippen molar-refractivity contribution in [2.45, 2.75) is 13.5 Å². The Bertz CT molecular complexity index is 589. The molecule has 1 saturated heterocycles. The summed E-state index contributed by atoms with van der Waals surface area (Å²) in [5.41, 5.74) is 8.37. The third-order valence-corrected chi connectivity index (χ3v) is 3.40. The van der Waals surface area contributed by atoms with E-state index in [0.717, 1.165) is 13.1 Å². The number of nitrogens with zero attached hydrogens (tertiary/aromatic N) is 4. The number of nitrogens with two attached hydrogens (primary N) is 1. The van der Waals surface area contributed by atoms with Crippen LogP contribution in [0.3, 0.4) is 0 Å². The fraction of sp³-hybridized carbons (Fsp3) is 0.429. The maximum absolute atomic E-state index is 5.97. The molecule has 0 saturated carbocycles. The molecule has 1 fully saturated rings. The molecule has 1 aliphatic heterocycles. The molecular formula is C14H19N5O. The smallest absolute Gasteiger partial charge is 0.246 e. The highest BCUT2D eigenvalue weighted by Gasteiger charge is 2.17. The molecule has 0 amide bonds. The number of aromatic nitrogens is 3. The van der Waals surface area contributed by atoms with Crippen molar-refractivity contribution >= 4 is 11.9 Å². The molecular weight excluding hydrogens is 254 g/mol. The van der Waals surface area contributed by atoms with Crippen LogP contribution in [0.25, 0.3) is 0 Å². The van der Waals surface area contributed by atoms with Gasteiger partial charge in [-0.2, -0.15) is 4.98 Å². The normalized spacial score (nSPS) is 15.6. The average molecular weight is 273 g/mol. The molecule has 0 unspecified atom stereocenters. The van der Waals surface area contributed by atoms with Gasteiger partial charge in [0.2, 0.25) is 11.9 Å². The van der Waals surface area contributed by atoms with Crippen molar-refractivity contribution in [2.75, 3.05) is 36.9 Å². The van der Waals surface area contributed by atoms with Gasteiger partial charge in [-0.3, -0.25) is 0 Å². The van der Waals surface area contributed by atoms with Crippen molar-refractivity contribution in [3.05, 3.63) is 35.4 Å². The molecule has 1 aliphatic rings. The van der Waals surface area contributed by atoms with Crippen LogP contribution in [0.4, 0.5) is 11.9 Å². The highest BCUT2D eigenvalue weighted by atomic mass is 16.5. The number of hydrogen-bond acceptors (Lipinski definition) is 5. The van der Waals surface area contributed by atoms with Crippen LogP contribution in [-0.4, -0.2) is 41.1 Å². The predicted octanol–water partition coefficient (Wildman–Crippen LogP) is 1.05. The molecule has 0 radical (unpaired) electrons. The number of aryl methyl sites for hydroxylation is 1. The third-order valence-electron chi connectivity index (χ3n) is 3.40. The first kappa shape index (κ1) is 12.9. The Morgan fingerprint density at radius 1 is 1.30 bits per heavy atom. The summed E-state index contributed by atoms with van der Waals surface area (Å²) in [6, 6.07) is 8.33. The van der Waals surface area contributed by atoms with Gasteiger partial charge in [-0.25, -0.2) is 4.68 Å².